The second-order valence-corrected chi connectivity index (χ2v) is 9.68. The van der Waals surface area contributed by atoms with Crippen LogP contribution < -0.4 is 19.7 Å². The molecule has 2 aromatic rings. The second kappa shape index (κ2) is 9.25. The van der Waals surface area contributed by atoms with Gasteiger partial charge in [-0.3, -0.25) is 9.69 Å². The Morgan fingerprint density at radius 1 is 1.10 bits per heavy atom. The van der Waals surface area contributed by atoms with Gasteiger partial charge in [-0.1, -0.05) is 12.1 Å². The molecule has 31 heavy (non-hydrogen) atoms. The Balaban J connectivity index is 1.23. The fourth-order valence-electron chi connectivity index (χ4n) is 3.88. The number of fused-ring (bicyclic) bond motifs is 1. The van der Waals surface area contributed by atoms with Crippen molar-refractivity contribution in [2.45, 2.75) is 18.2 Å². The molecular formula is C22H28N4O4S. The van der Waals surface area contributed by atoms with E-state index in [1.807, 2.05) is 0 Å². The van der Waals surface area contributed by atoms with E-state index in [1.165, 1.54) is 23.4 Å². The van der Waals surface area contributed by atoms with Crippen molar-refractivity contribution in [1.82, 2.24) is 9.62 Å². The van der Waals surface area contributed by atoms with Crippen molar-refractivity contribution >= 4 is 27.3 Å². The number of anilines is 2. The summed E-state index contributed by atoms with van der Waals surface area (Å²) in [7, 11) is -3.65. The molecule has 1 amide bonds. The highest BCUT2D eigenvalue weighted by Gasteiger charge is 2.21. The molecule has 0 spiro atoms. The van der Waals surface area contributed by atoms with Crippen LogP contribution in [-0.2, 0) is 14.8 Å². The van der Waals surface area contributed by atoms with Crippen LogP contribution in [0.15, 0.2) is 47.4 Å². The van der Waals surface area contributed by atoms with Crippen molar-refractivity contribution in [2.75, 3.05) is 56.1 Å². The number of nitrogens with zero attached hydrogens (tertiary/aromatic N) is 2. The normalized spacial score (nSPS) is 17.1. The van der Waals surface area contributed by atoms with Gasteiger partial charge in [0.25, 0.3) is 5.91 Å². The van der Waals surface area contributed by atoms with Crippen LogP contribution in [0.2, 0.25) is 0 Å². The van der Waals surface area contributed by atoms with Crippen LogP contribution >= 0.6 is 0 Å². The quantitative estimate of drug-likeness (QED) is 0.633. The summed E-state index contributed by atoms with van der Waals surface area (Å²) in [4.78, 5) is 16.3. The van der Waals surface area contributed by atoms with E-state index >= 15 is 0 Å². The molecular weight excluding hydrogens is 416 g/mol. The van der Waals surface area contributed by atoms with Crippen molar-refractivity contribution in [1.29, 1.82) is 0 Å². The summed E-state index contributed by atoms with van der Waals surface area (Å²) < 4.78 is 33.1. The molecule has 1 fully saturated rings. The van der Waals surface area contributed by atoms with Gasteiger partial charge in [-0.15, -0.1) is 0 Å². The summed E-state index contributed by atoms with van der Waals surface area (Å²) in [5.41, 5.74) is 2.91. The van der Waals surface area contributed by atoms with E-state index in [1.54, 1.807) is 6.07 Å². The third kappa shape index (κ3) is 5.36. The SMILES string of the molecule is Cc1cccc(N2CCN(CCCNS(=O)(=O)c3ccc4c(c3)NC(=O)CO4)CC2)c1. The number of benzene rings is 2. The Morgan fingerprint density at radius 2 is 1.90 bits per heavy atom. The van der Waals surface area contributed by atoms with Gasteiger partial charge in [0.2, 0.25) is 10.0 Å². The Bertz CT molecular complexity index is 1050. The first kappa shape index (κ1) is 21.6. The minimum absolute atomic E-state index is 0.0589. The van der Waals surface area contributed by atoms with E-state index in [0.717, 1.165) is 39.1 Å². The predicted octanol–water partition coefficient (Wildman–Crippen LogP) is 1.82. The third-order valence-corrected chi connectivity index (χ3v) is 7.04. The molecule has 2 aromatic carbocycles. The summed E-state index contributed by atoms with van der Waals surface area (Å²) in [6.07, 6.45) is 0.731. The highest BCUT2D eigenvalue weighted by molar-refractivity contribution is 7.89. The molecule has 9 heteroatoms. The Morgan fingerprint density at radius 3 is 2.68 bits per heavy atom. The molecule has 0 unspecified atom stereocenters. The molecule has 4 rings (SSSR count). The van der Waals surface area contributed by atoms with Gasteiger partial charge < -0.3 is 15.0 Å². The number of carbonyl (C=O) groups is 1. The largest absolute Gasteiger partial charge is 0.482 e. The molecule has 166 valence electrons. The van der Waals surface area contributed by atoms with Gasteiger partial charge in [0.05, 0.1) is 10.6 Å². The van der Waals surface area contributed by atoms with Crippen molar-refractivity contribution in [3.63, 3.8) is 0 Å². The number of rotatable bonds is 7. The summed E-state index contributed by atoms with van der Waals surface area (Å²) in [5.74, 6) is 0.181. The van der Waals surface area contributed by atoms with Gasteiger partial charge in [0, 0.05) is 38.4 Å². The number of aryl methyl sites for hydroxylation is 1. The van der Waals surface area contributed by atoms with Crippen LogP contribution in [0.1, 0.15) is 12.0 Å². The van der Waals surface area contributed by atoms with E-state index in [-0.39, 0.29) is 17.4 Å². The Kier molecular flexibility index (Phi) is 6.45. The number of sulfonamides is 1. The number of hydrogen-bond donors (Lipinski definition) is 2. The van der Waals surface area contributed by atoms with E-state index in [2.05, 4.69) is 51.0 Å². The van der Waals surface area contributed by atoms with Crippen LogP contribution in [0.4, 0.5) is 11.4 Å². The number of ether oxygens (including phenoxy) is 1. The number of nitrogens with one attached hydrogen (secondary N) is 2. The van der Waals surface area contributed by atoms with Crippen molar-refractivity contribution in [3.8, 4) is 5.75 Å². The van der Waals surface area contributed by atoms with E-state index in [4.69, 9.17) is 4.74 Å². The first-order valence-corrected chi connectivity index (χ1v) is 12.0. The summed E-state index contributed by atoms with van der Waals surface area (Å²) in [6.45, 7) is 7.12. The van der Waals surface area contributed by atoms with E-state index in [9.17, 15) is 13.2 Å². The van der Waals surface area contributed by atoms with Crippen molar-refractivity contribution in [2.24, 2.45) is 0 Å². The maximum Gasteiger partial charge on any atom is 0.262 e. The van der Waals surface area contributed by atoms with Gasteiger partial charge in [-0.2, -0.15) is 0 Å². The van der Waals surface area contributed by atoms with E-state index in [0.29, 0.717) is 18.0 Å². The minimum atomic E-state index is -3.65. The molecule has 2 aliphatic heterocycles. The zero-order chi connectivity index (χ0) is 21.8. The molecule has 0 saturated carbocycles. The van der Waals surface area contributed by atoms with Crippen molar-refractivity contribution < 1.29 is 17.9 Å². The summed E-state index contributed by atoms with van der Waals surface area (Å²) in [5, 5.41) is 2.63. The molecule has 1 saturated heterocycles. The van der Waals surface area contributed by atoms with E-state index < -0.39 is 10.0 Å². The van der Waals surface area contributed by atoms with Crippen LogP contribution in [0.3, 0.4) is 0 Å². The van der Waals surface area contributed by atoms with Gasteiger partial charge >= 0.3 is 0 Å². The minimum Gasteiger partial charge on any atom is -0.482 e. The Hall–Kier alpha value is -2.62. The fourth-order valence-corrected chi connectivity index (χ4v) is 4.98. The van der Waals surface area contributed by atoms with Crippen LogP contribution in [0, 0.1) is 6.92 Å². The summed E-state index contributed by atoms with van der Waals surface area (Å²) in [6, 6.07) is 13.0. The first-order valence-electron chi connectivity index (χ1n) is 10.5. The zero-order valence-electron chi connectivity index (χ0n) is 17.6. The maximum absolute atomic E-state index is 12.6. The lowest BCUT2D eigenvalue weighted by molar-refractivity contribution is -0.118. The maximum atomic E-state index is 12.6. The Labute approximate surface area is 183 Å². The van der Waals surface area contributed by atoms with Gasteiger partial charge in [-0.05, 0) is 55.8 Å². The number of hydrogen-bond acceptors (Lipinski definition) is 6. The molecule has 0 aliphatic carbocycles. The molecule has 8 nitrogen and oxygen atoms in total. The average Bonchev–Trinajstić information content (AvgIpc) is 2.76. The van der Waals surface area contributed by atoms with Crippen LogP contribution in [-0.4, -0.2) is 65.1 Å². The number of piperazine rings is 1. The second-order valence-electron chi connectivity index (χ2n) is 7.91. The highest BCUT2D eigenvalue weighted by atomic mass is 32.2. The van der Waals surface area contributed by atoms with Gasteiger partial charge in [0.15, 0.2) is 6.61 Å². The monoisotopic (exact) mass is 444 g/mol. The molecule has 0 radical (unpaired) electrons. The average molecular weight is 445 g/mol. The molecule has 2 heterocycles. The molecule has 0 bridgehead atoms. The van der Waals surface area contributed by atoms with Crippen LogP contribution in [0.5, 0.6) is 5.75 Å². The topological polar surface area (TPSA) is 91.0 Å². The standard InChI is InChI=1S/C22H28N4O4S/c1-17-4-2-5-18(14-17)26-12-10-25(11-13-26)9-3-8-23-31(28,29)19-6-7-21-20(15-19)24-22(27)16-30-21/h2,4-7,14-15,23H,3,8-13,16H2,1H3,(H,24,27). The van der Waals surface area contributed by atoms with Gasteiger partial charge in [-0.25, -0.2) is 13.1 Å². The fraction of sp³-hybridized carbons (Fsp3) is 0.409. The molecule has 2 aliphatic rings. The zero-order valence-corrected chi connectivity index (χ0v) is 18.5. The third-order valence-electron chi connectivity index (χ3n) is 5.58. The highest BCUT2D eigenvalue weighted by Crippen LogP contribution is 2.30. The molecule has 0 aromatic heterocycles. The first-order chi connectivity index (χ1) is 14.9. The lowest BCUT2D eigenvalue weighted by atomic mass is 10.2. The molecule has 2 N–H and O–H groups in total. The van der Waals surface area contributed by atoms with Gasteiger partial charge in [0.1, 0.15) is 5.75 Å². The number of amides is 1. The number of carbonyl (C=O) groups excluding carboxylic acids is 1. The summed E-state index contributed by atoms with van der Waals surface area (Å²) >= 11 is 0. The smallest absolute Gasteiger partial charge is 0.262 e. The van der Waals surface area contributed by atoms with Crippen LogP contribution in [0.25, 0.3) is 0 Å². The molecule has 0 atom stereocenters. The lowest BCUT2D eigenvalue weighted by Crippen LogP contribution is -2.47. The lowest BCUT2D eigenvalue weighted by Gasteiger charge is -2.36. The predicted molar refractivity (Wildman–Crippen MR) is 120 cm³/mol. The van der Waals surface area contributed by atoms with Crippen molar-refractivity contribution in [3.05, 3.63) is 48.0 Å².